The number of aromatic nitrogens is 2. The van der Waals surface area contributed by atoms with E-state index in [4.69, 9.17) is 13.9 Å². The number of aromatic hydroxyl groups is 1. The Balaban J connectivity index is 1.32. The largest absolute Gasteiger partial charge is 0.508 e. The second-order valence-corrected chi connectivity index (χ2v) is 12.0. The first kappa shape index (κ1) is 29.4. The number of carbonyl (C=O) groups excluding carboxylic acids is 1. The molecule has 11 nitrogen and oxygen atoms in total. The van der Waals surface area contributed by atoms with Gasteiger partial charge in [0.2, 0.25) is 5.91 Å². The normalized spacial score (nSPS) is 21.8. The Morgan fingerprint density at radius 3 is 2.84 bits per heavy atom. The molecule has 7 rings (SSSR count). The van der Waals surface area contributed by atoms with Crippen molar-refractivity contribution in [2.24, 2.45) is 0 Å². The van der Waals surface area contributed by atoms with Crippen LogP contribution >= 0.6 is 0 Å². The average molecular weight is 622 g/mol. The fraction of sp³-hybridized carbons (Fsp3) is 0.438. The molecule has 5 heterocycles. The van der Waals surface area contributed by atoms with Crippen LogP contribution < -0.4 is 15.7 Å². The van der Waals surface area contributed by atoms with Gasteiger partial charge in [-0.3, -0.25) is 9.69 Å². The van der Waals surface area contributed by atoms with Crippen molar-refractivity contribution < 1.29 is 32.6 Å². The molecule has 3 fully saturated rings. The Labute approximate surface area is 256 Å². The Hall–Kier alpha value is -4.36. The summed E-state index contributed by atoms with van der Waals surface area (Å²) in [5, 5.41) is 14.0. The number of phenols is 1. The van der Waals surface area contributed by atoms with Gasteiger partial charge < -0.3 is 29.2 Å². The summed E-state index contributed by atoms with van der Waals surface area (Å²) in [6.45, 7) is 4.59. The monoisotopic (exact) mass is 621 g/mol. The van der Waals surface area contributed by atoms with E-state index in [9.17, 15) is 19.1 Å². The third-order valence-corrected chi connectivity index (χ3v) is 9.14. The van der Waals surface area contributed by atoms with E-state index in [2.05, 4.69) is 20.2 Å². The molecule has 3 aliphatic rings. The summed E-state index contributed by atoms with van der Waals surface area (Å²) in [6, 6.07) is 7.16. The van der Waals surface area contributed by atoms with Crippen molar-refractivity contribution in [2.75, 3.05) is 57.9 Å². The number of halogens is 2. The quantitative estimate of drug-likeness (QED) is 0.315. The van der Waals surface area contributed by atoms with Gasteiger partial charge in [-0.25, -0.2) is 13.6 Å². The van der Waals surface area contributed by atoms with Crippen molar-refractivity contribution in [1.82, 2.24) is 19.8 Å². The van der Waals surface area contributed by atoms with E-state index in [0.29, 0.717) is 50.2 Å². The highest BCUT2D eigenvalue weighted by atomic mass is 19.1. The van der Waals surface area contributed by atoms with Crippen LogP contribution in [0.3, 0.4) is 0 Å². The van der Waals surface area contributed by atoms with Crippen molar-refractivity contribution in [3.05, 3.63) is 52.1 Å². The van der Waals surface area contributed by atoms with Crippen molar-refractivity contribution >= 4 is 33.4 Å². The highest BCUT2D eigenvalue weighted by Crippen LogP contribution is 2.41. The van der Waals surface area contributed by atoms with E-state index >= 15 is 4.39 Å². The summed E-state index contributed by atoms with van der Waals surface area (Å²) >= 11 is 0. The molecule has 0 bridgehead atoms. The number of aryl methyl sites for hydroxylation is 1. The summed E-state index contributed by atoms with van der Waals surface area (Å²) in [6.07, 6.45) is 1.12. The molecule has 3 aliphatic heterocycles. The number of morpholine rings is 1. The molecule has 0 radical (unpaired) electrons. The van der Waals surface area contributed by atoms with E-state index in [1.165, 1.54) is 24.3 Å². The molecule has 2 aromatic heterocycles. The zero-order valence-electron chi connectivity index (χ0n) is 24.8. The lowest BCUT2D eigenvalue weighted by atomic mass is 9.95. The number of hydrogen-bond acceptors (Lipinski definition) is 10. The number of ether oxygens (including phenoxy) is 2. The molecule has 0 aliphatic carbocycles. The molecule has 0 unspecified atom stereocenters. The van der Waals surface area contributed by atoms with Crippen LogP contribution in [0.15, 0.2) is 39.5 Å². The number of rotatable bonds is 7. The van der Waals surface area contributed by atoms with Crippen LogP contribution in [0.25, 0.3) is 33.0 Å². The summed E-state index contributed by atoms with van der Waals surface area (Å²) in [4.78, 5) is 39.4. The molecular weight excluding hydrogens is 588 g/mol. The molecule has 0 saturated carbocycles. The van der Waals surface area contributed by atoms with Crippen LogP contribution in [0.4, 0.5) is 14.6 Å². The van der Waals surface area contributed by atoms with Gasteiger partial charge >= 0.3 is 11.6 Å². The minimum atomic E-state index is -0.943. The molecule has 4 aromatic rings. The predicted molar refractivity (Wildman–Crippen MR) is 162 cm³/mol. The zero-order chi connectivity index (χ0) is 31.3. The number of nitrogens with zero attached hydrogens (tertiary/aromatic N) is 4. The Kier molecular flexibility index (Phi) is 7.52. The topological polar surface area (TPSA) is 130 Å². The molecule has 236 valence electrons. The lowest BCUT2D eigenvalue weighted by Crippen LogP contribution is -2.43. The lowest BCUT2D eigenvalue weighted by molar-refractivity contribution is -0.133. The van der Waals surface area contributed by atoms with Gasteiger partial charge in [-0.2, -0.15) is 9.97 Å². The van der Waals surface area contributed by atoms with Crippen molar-refractivity contribution in [3.63, 3.8) is 0 Å². The molecule has 2 atom stereocenters. The van der Waals surface area contributed by atoms with E-state index in [1.54, 1.807) is 17.9 Å². The standard InChI is InChI=1S/C32H33F2N5O6/c1-18-27-26(30(42)45-28(18)22-13-21(40)12-19-4-2-5-23(34)25(19)22)29(35-15-24(41)38-8-10-43-11-9-38)37-31(36-27)44-17-32-6-3-7-39(32)16-20(33)14-32/h2,4-5,12-13,20,40H,3,6-11,14-17H2,1H3,(H,35,36,37)/t20-,32+/m1/s1. The minimum absolute atomic E-state index is 0.00588. The van der Waals surface area contributed by atoms with Crippen LogP contribution in [0.1, 0.15) is 24.8 Å². The smallest absolute Gasteiger partial charge is 0.349 e. The highest BCUT2D eigenvalue weighted by Gasteiger charge is 2.49. The van der Waals surface area contributed by atoms with Gasteiger partial charge in [-0.15, -0.1) is 0 Å². The highest BCUT2D eigenvalue weighted by molar-refractivity contribution is 6.01. The van der Waals surface area contributed by atoms with Crippen LogP contribution in [0.2, 0.25) is 0 Å². The van der Waals surface area contributed by atoms with Gasteiger partial charge in [0.05, 0.1) is 30.8 Å². The van der Waals surface area contributed by atoms with Gasteiger partial charge in [-0.05, 0) is 49.9 Å². The third-order valence-electron chi connectivity index (χ3n) is 9.14. The summed E-state index contributed by atoms with van der Waals surface area (Å²) in [7, 11) is 0. The van der Waals surface area contributed by atoms with E-state index in [1.807, 2.05) is 0 Å². The van der Waals surface area contributed by atoms with Gasteiger partial charge in [0.15, 0.2) is 0 Å². The first-order valence-corrected chi connectivity index (χ1v) is 15.1. The number of carbonyl (C=O) groups is 1. The van der Waals surface area contributed by atoms with Crippen LogP contribution in [0.5, 0.6) is 11.8 Å². The summed E-state index contributed by atoms with van der Waals surface area (Å²) < 4.78 is 46.8. The third kappa shape index (κ3) is 5.33. The van der Waals surface area contributed by atoms with Gasteiger partial charge in [0.1, 0.15) is 41.3 Å². The molecule has 45 heavy (non-hydrogen) atoms. The number of nitrogens with one attached hydrogen (secondary N) is 1. The first-order chi connectivity index (χ1) is 21.7. The van der Waals surface area contributed by atoms with Gasteiger partial charge in [0, 0.05) is 42.6 Å². The van der Waals surface area contributed by atoms with E-state index < -0.39 is 23.2 Å². The number of benzene rings is 2. The summed E-state index contributed by atoms with van der Waals surface area (Å²) in [5.74, 6) is -0.822. The van der Waals surface area contributed by atoms with Crippen molar-refractivity contribution in [1.29, 1.82) is 0 Å². The van der Waals surface area contributed by atoms with E-state index in [0.717, 1.165) is 19.4 Å². The fourth-order valence-electron chi connectivity index (χ4n) is 6.96. The second-order valence-electron chi connectivity index (χ2n) is 12.0. The Morgan fingerprint density at radius 2 is 2.02 bits per heavy atom. The van der Waals surface area contributed by atoms with Crippen LogP contribution in [-0.4, -0.2) is 95.0 Å². The Bertz CT molecular complexity index is 1860. The number of amides is 1. The number of anilines is 1. The molecule has 1 amide bonds. The van der Waals surface area contributed by atoms with Crippen LogP contribution in [0, 0.1) is 12.7 Å². The first-order valence-electron chi connectivity index (χ1n) is 15.1. The maximum absolute atomic E-state index is 15.1. The van der Waals surface area contributed by atoms with Crippen molar-refractivity contribution in [3.8, 4) is 23.1 Å². The second kappa shape index (κ2) is 11.5. The number of alkyl halides is 1. The molecule has 0 spiro atoms. The molecule has 3 saturated heterocycles. The molecular formula is C32H33F2N5O6. The maximum Gasteiger partial charge on any atom is 0.349 e. The van der Waals surface area contributed by atoms with Gasteiger partial charge in [0.25, 0.3) is 0 Å². The fourth-order valence-corrected chi connectivity index (χ4v) is 6.96. The van der Waals surface area contributed by atoms with Crippen molar-refractivity contribution in [2.45, 2.75) is 37.9 Å². The number of phenolic OH excluding ortho intramolecular Hbond substituents is 1. The minimum Gasteiger partial charge on any atom is -0.508 e. The number of fused-ring (bicyclic) bond motifs is 3. The number of hydrogen-bond donors (Lipinski definition) is 2. The molecule has 13 heteroatoms. The van der Waals surface area contributed by atoms with Gasteiger partial charge in [-0.1, -0.05) is 12.1 Å². The molecule has 2 aromatic carbocycles. The predicted octanol–water partition coefficient (Wildman–Crippen LogP) is 3.78. The Morgan fingerprint density at radius 1 is 1.20 bits per heavy atom. The SMILES string of the molecule is Cc1c(-c2cc(O)cc3cccc(F)c23)oc(=O)c2c(NCC(=O)N3CCOCC3)nc(OC[C@@]34CCCN3C[C@H](F)C4)nc12. The summed E-state index contributed by atoms with van der Waals surface area (Å²) in [5.41, 5.74) is -0.553. The lowest BCUT2D eigenvalue weighted by Gasteiger charge is -2.30. The van der Waals surface area contributed by atoms with E-state index in [-0.39, 0.29) is 64.2 Å². The average Bonchev–Trinajstić information content (AvgIpc) is 3.56. The van der Waals surface area contributed by atoms with Crippen LogP contribution in [-0.2, 0) is 9.53 Å². The maximum atomic E-state index is 15.1. The molecule has 2 N–H and O–H groups in total. The zero-order valence-corrected chi connectivity index (χ0v) is 24.8.